The summed E-state index contributed by atoms with van der Waals surface area (Å²) < 4.78 is 5.17. The second-order valence-corrected chi connectivity index (χ2v) is 6.65. The maximum absolute atomic E-state index is 12.9. The largest absolute Gasteiger partial charge is 0.495 e. The van der Waals surface area contributed by atoms with E-state index in [1.54, 1.807) is 36.4 Å². The van der Waals surface area contributed by atoms with Crippen molar-refractivity contribution in [3.63, 3.8) is 0 Å². The highest BCUT2D eigenvalue weighted by molar-refractivity contribution is 6.32. The van der Waals surface area contributed by atoms with Gasteiger partial charge >= 0.3 is 0 Å². The summed E-state index contributed by atoms with van der Waals surface area (Å²) in [4.78, 5) is 19.0. The van der Waals surface area contributed by atoms with Crippen LogP contribution in [0.25, 0.3) is 0 Å². The molecule has 1 aliphatic rings. The number of benzene rings is 2. The Bertz CT molecular complexity index is 1010. The van der Waals surface area contributed by atoms with Gasteiger partial charge in [-0.25, -0.2) is 0 Å². The minimum atomic E-state index is -0.101. The fraction of sp³-hybridized carbons (Fsp3) is 0.143. The third kappa shape index (κ3) is 3.46. The molecule has 4 rings (SSSR count). The Morgan fingerprint density at radius 1 is 1.15 bits per heavy atom. The van der Waals surface area contributed by atoms with Crippen LogP contribution in [-0.4, -0.2) is 24.5 Å². The predicted octanol–water partition coefficient (Wildman–Crippen LogP) is 4.69. The third-order valence-corrected chi connectivity index (χ3v) is 4.85. The number of ether oxygens (including phenoxy) is 1. The Balaban J connectivity index is 1.56. The van der Waals surface area contributed by atoms with Gasteiger partial charge in [0.05, 0.1) is 12.1 Å². The summed E-state index contributed by atoms with van der Waals surface area (Å²) in [6.45, 7) is 0.672. The van der Waals surface area contributed by atoms with E-state index in [-0.39, 0.29) is 5.91 Å². The van der Waals surface area contributed by atoms with Crippen LogP contribution < -0.4 is 15.0 Å². The Labute approximate surface area is 162 Å². The van der Waals surface area contributed by atoms with Crippen LogP contribution in [0.5, 0.6) is 5.75 Å². The lowest BCUT2D eigenvalue weighted by Crippen LogP contribution is -2.29. The number of fused-ring (bicyclic) bond motifs is 1. The number of hydrogen-bond acceptors (Lipinski definition) is 4. The van der Waals surface area contributed by atoms with Gasteiger partial charge in [0.15, 0.2) is 0 Å². The van der Waals surface area contributed by atoms with E-state index >= 15 is 0 Å². The third-order valence-electron chi connectivity index (χ3n) is 4.55. The van der Waals surface area contributed by atoms with Crippen LogP contribution in [0.3, 0.4) is 0 Å². The van der Waals surface area contributed by atoms with Crippen LogP contribution in [-0.2, 0) is 6.42 Å². The van der Waals surface area contributed by atoms with Gasteiger partial charge in [-0.1, -0.05) is 29.8 Å². The molecule has 5 nitrogen and oxygen atoms in total. The van der Waals surface area contributed by atoms with E-state index in [2.05, 4.69) is 16.4 Å². The number of amides is 1. The summed E-state index contributed by atoms with van der Waals surface area (Å²) in [6, 6.07) is 17.0. The van der Waals surface area contributed by atoms with Gasteiger partial charge in [0.25, 0.3) is 5.91 Å². The van der Waals surface area contributed by atoms with Crippen molar-refractivity contribution in [2.45, 2.75) is 6.42 Å². The Hall–Kier alpha value is -3.05. The molecule has 0 saturated heterocycles. The zero-order valence-corrected chi connectivity index (χ0v) is 15.5. The van der Waals surface area contributed by atoms with E-state index in [1.807, 2.05) is 30.3 Å². The molecular formula is C21H18ClN3O2. The first-order valence-electron chi connectivity index (χ1n) is 8.62. The van der Waals surface area contributed by atoms with Crippen LogP contribution in [0.2, 0.25) is 5.02 Å². The van der Waals surface area contributed by atoms with Crippen molar-refractivity contribution in [1.82, 2.24) is 4.98 Å². The first-order chi connectivity index (χ1) is 13.2. The molecular weight excluding hydrogens is 362 g/mol. The number of halogens is 1. The molecule has 136 valence electrons. The maximum Gasteiger partial charge on any atom is 0.276 e. The monoisotopic (exact) mass is 379 g/mol. The molecule has 0 radical (unpaired) electrons. The highest BCUT2D eigenvalue weighted by atomic mass is 35.5. The van der Waals surface area contributed by atoms with E-state index in [0.717, 1.165) is 23.5 Å². The molecule has 3 aromatic rings. The second-order valence-electron chi connectivity index (χ2n) is 6.24. The van der Waals surface area contributed by atoms with Gasteiger partial charge in [-0.15, -0.1) is 0 Å². The minimum absolute atomic E-state index is 0.101. The first kappa shape index (κ1) is 17.4. The SMILES string of the molecule is COc1ccc(Nc2ccnc(C(=O)N3CCc4ccccc43)c2)cc1Cl. The number of carbonyl (C=O) groups excluding carboxylic acids is 1. The number of rotatable bonds is 4. The van der Waals surface area contributed by atoms with Gasteiger partial charge in [0, 0.05) is 29.8 Å². The smallest absolute Gasteiger partial charge is 0.276 e. The molecule has 0 saturated carbocycles. The van der Waals surface area contributed by atoms with E-state index in [4.69, 9.17) is 16.3 Å². The molecule has 0 atom stereocenters. The van der Waals surface area contributed by atoms with Crippen molar-refractivity contribution >= 4 is 34.6 Å². The Kier molecular flexibility index (Phi) is 4.69. The number of methoxy groups -OCH3 is 1. The number of aromatic nitrogens is 1. The fourth-order valence-corrected chi connectivity index (χ4v) is 3.48. The number of nitrogens with one attached hydrogen (secondary N) is 1. The number of carbonyl (C=O) groups is 1. The molecule has 27 heavy (non-hydrogen) atoms. The summed E-state index contributed by atoms with van der Waals surface area (Å²) in [6.07, 6.45) is 2.49. The molecule has 0 spiro atoms. The number of para-hydroxylation sites is 1. The topological polar surface area (TPSA) is 54.5 Å². The zero-order chi connectivity index (χ0) is 18.8. The molecule has 0 fully saturated rings. The predicted molar refractivity (Wildman–Crippen MR) is 107 cm³/mol. The van der Waals surface area contributed by atoms with Crippen LogP contribution in [0.4, 0.5) is 17.1 Å². The summed E-state index contributed by atoms with van der Waals surface area (Å²) in [5, 5.41) is 3.77. The fourth-order valence-electron chi connectivity index (χ4n) is 3.22. The second kappa shape index (κ2) is 7.29. The molecule has 6 heteroatoms. The molecule has 2 heterocycles. The van der Waals surface area contributed by atoms with Gasteiger partial charge in [0.2, 0.25) is 0 Å². The quantitative estimate of drug-likeness (QED) is 0.714. The van der Waals surface area contributed by atoms with E-state index in [9.17, 15) is 4.79 Å². The minimum Gasteiger partial charge on any atom is -0.495 e. The van der Waals surface area contributed by atoms with E-state index in [0.29, 0.717) is 23.0 Å². The molecule has 0 bridgehead atoms. The molecule has 2 aromatic carbocycles. The molecule has 1 amide bonds. The Morgan fingerprint density at radius 3 is 2.78 bits per heavy atom. The molecule has 1 aromatic heterocycles. The number of anilines is 3. The van der Waals surface area contributed by atoms with Gasteiger partial charge in [-0.3, -0.25) is 9.78 Å². The van der Waals surface area contributed by atoms with Gasteiger partial charge in [-0.05, 0) is 48.4 Å². The number of pyridine rings is 1. The van der Waals surface area contributed by atoms with Crippen molar-refractivity contribution in [2.24, 2.45) is 0 Å². The van der Waals surface area contributed by atoms with Crippen LogP contribution >= 0.6 is 11.6 Å². The molecule has 1 aliphatic heterocycles. The lowest BCUT2D eigenvalue weighted by atomic mass is 10.2. The molecule has 1 N–H and O–H groups in total. The van der Waals surface area contributed by atoms with Crippen LogP contribution in [0.15, 0.2) is 60.8 Å². The Morgan fingerprint density at radius 2 is 1.96 bits per heavy atom. The first-order valence-corrected chi connectivity index (χ1v) is 9.00. The standard InChI is InChI=1S/C21H18ClN3O2/c1-27-20-7-6-15(12-17(20)22)24-16-8-10-23-18(13-16)21(26)25-11-9-14-4-2-3-5-19(14)25/h2-8,10,12-13H,9,11H2,1H3,(H,23,24). The lowest BCUT2D eigenvalue weighted by Gasteiger charge is -2.17. The van der Waals surface area contributed by atoms with Crippen molar-refractivity contribution in [2.75, 3.05) is 23.9 Å². The average molecular weight is 380 g/mol. The number of hydrogen-bond donors (Lipinski definition) is 1. The average Bonchev–Trinajstić information content (AvgIpc) is 3.12. The van der Waals surface area contributed by atoms with Gasteiger partial charge in [0.1, 0.15) is 11.4 Å². The lowest BCUT2D eigenvalue weighted by molar-refractivity contribution is 0.0984. The molecule has 0 unspecified atom stereocenters. The van der Waals surface area contributed by atoms with Crippen LogP contribution in [0.1, 0.15) is 16.1 Å². The van der Waals surface area contributed by atoms with Crippen molar-refractivity contribution in [3.8, 4) is 5.75 Å². The summed E-state index contributed by atoms with van der Waals surface area (Å²) >= 11 is 6.17. The summed E-state index contributed by atoms with van der Waals surface area (Å²) in [5.41, 5.74) is 4.12. The number of nitrogens with zero attached hydrogens (tertiary/aromatic N) is 2. The van der Waals surface area contributed by atoms with Crippen molar-refractivity contribution in [1.29, 1.82) is 0 Å². The van der Waals surface area contributed by atoms with Crippen molar-refractivity contribution in [3.05, 3.63) is 77.1 Å². The summed E-state index contributed by atoms with van der Waals surface area (Å²) in [5.74, 6) is 0.511. The van der Waals surface area contributed by atoms with Crippen molar-refractivity contribution < 1.29 is 9.53 Å². The van der Waals surface area contributed by atoms with E-state index < -0.39 is 0 Å². The highest BCUT2D eigenvalue weighted by Gasteiger charge is 2.26. The summed E-state index contributed by atoms with van der Waals surface area (Å²) in [7, 11) is 1.57. The molecule has 0 aliphatic carbocycles. The zero-order valence-electron chi connectivity index (χ0n) is 14.8. The van der Waals surface area contributed by atoms with Gasteiger partial charge in [-0.2, -0.15) is 0 Å². The van der Waals surface area contributed by atoms with Crippen LogP contribution in [0, 0.1) is 0 Å². The highest BCUT2D eigenvalue weighted by Crippen LogP contribution is 2.30. The maximum atomic E-state index is 12.9. The van der Waals surface area contributed by atoms with E-state index in [1.165, 1.54) is 5.56 Å². The van der Waals surface area contributed by atoms with Gasteiger partial charge < -0.3 is 15.0 Å². The normalized spacial score (nSPS) is 12.6.